The lowest BCUT2D eigenvalue weighted by atomic mass is 9.69. The zero-order valence-electron chi connectivity index (χ0n) is 19.3. The van der Waals surface area contributed by atoms with Crippen LogP contribution in [0.25, 0.3) is 0 Å². The maximum Gasteiger partial charge on any atom is 0.194 e. The summed E-state index contributed by atoms with van der Waals surface area (Å²) in [6, 6.07) is 5.26. The Kier molecular flexibility index (Phi) is 7.78. The Balaban J connectivity index is 1.40. The summed E-state index contributed by atoms with van der Waals surface area (Å²) < 4.78 is 55.0. The average Bonchev–Trinajstić information content (AvgIpc) is 2.82. The molecule has 2 aliphatic rings. The van der Waals surface area contributed by atoms with Gasteiger partial charge < -0.3 is 0 Å². The van der Waals surface area contributed by atoms with Crippen LogP contribution in [0.3, 0.4) is 0 Å². The molecule has 4 heteroatoms. The molecule has 0 heterocycles. The van der Waals surface area contributed by atoms with Gasteiger partial charge in [0.2, 0.25) is 0 Å². The molecule has 2 aromatic rings. The van der Waals surface area contributed by atoms with Crippen molar-refractivity contribution in [3.63, 3.8) is 0 Å². The molecule has 0 aromatic heterocycles. The molecule has 0 saturated heterocycles. The fraction of sp³-hybridized carbons (Fsp3) is 0.517. The van der Waals surface area contributed by atoms with E-state index in [9.17, 15) is 13.2 Å². The van der Waals surface area contributed by atoms with Crippen LogP contribution in [0.2, 0.25) is 0 Å². The van der Waals surface area contributed by atoms with Crippen molar-refractivity contribution >= 4 is 0 Å². The summed E-state index contributed by atoms with van der Waals surface area (Å²) in [6.07, 6.45) is 13.3. The second-order valence-corrected chi connectivity index (χ2v) is 9.85. The number of fused-ring (bicyclic) bond motifs is 1. The number of hydrogen-bond donors (Lipinski definition) is 0. The second-order valence-electron chi connectivity index (χ2n) is 9.85. The lowest BCUT2D eigenvalue weighted by Crippen LogP contribution is -2.27. The van der Waals surface area contributed by atoms with E-state index >= 15 is 4.39 Å². The molecule has 1 atom stereocenters. The minimum Gasteiger partial charge on any atom is -0.205 e. The van der Waals surface area contributed by atoms with Crippen molar-refractivity contribution < 1.29 is 17.6 Å². The van der Waals surface area contributed by atoms with E-state index in [0.717, 1.165) is 47.9 Å². The summed E-state index contributed by atoms with van der Waals surface area (Å²) in [7, 11) is 0. The third-order valence-electron chi connectivity index (χ3n) is 7.69. The number of hydrogen-bond acceptors (Lipinski definition) is 0. The zero-order chi connectivity index (χ0) is 23.4. The fourth-order valence-corrected chi connectivity index (χ4v) is 5.73. The molecular formula is C29H32F4. The predicted molar refractivity (Wildman–Crippen MR) is 124 cm³/mol. The summed E-state index contributed by atoms with van der Waals surface area (Å²) in [5.74, 6) is 3.03. The highest BCUT2D eigenvalue weighted by atomic mass is 19.2. The summed E-state index contributed by atoms with van der Waals surface area (Å²) in [6.45, 7) is 2.25. The topological polar surface area (TPSA) is 0 Å². The molecule has 0 N–H and O–H groups in total. The number of halogens is 4. The standard InChI is InChI=1S/C29H32F4/c1-2-3-4-5-19-6-9-21(10-7-19)23-14-15-25-24(18-23)13-12-22(28(25)32)11-8-20-16-26(30)29(33)27(31)17-20/h12-13,16-17,19,21,23H,2-7,9-10,14-15,18H2,1H3. The van der Waals surface area contributed by atoms with Gasteiger partial charge in [-0.1, -0.05) is 63.4 Å². The predicted octanol–water partition coefficient (Wildman–Crippen LogP) is 8.13. The maximum absolute atomic E-state index is 15.1. The lowest BCUT2D eigenvalue weighted by molar-refractivity contribution is 0.182. The van der Waals surface area contributed by atoms with Gasteiger partial charge in [0.05, 0.1) is 5.56 Å². The average molecular weight is 457 g/mol. The van der Waals surface area contributed by atoms with E-state index in [4.69, 9.17) is 0 Å². The Hall–Kier alpha value is -2.28. The first kappa shape index (κ1) is 23.9. The summed E-state index contributed by atoms with van der Waals surface area (Å²) in [4.78, 5) is 0. The smallest absolute Gasteiger partial charge is 0.194 e. The van der Waals surface area contributed by atoms with Crippen molar-refractivity contribution in [3.05, 3.63) is 69.8 Å². The van der Waals surface area contributed by atoms with Crippen LogP contribution in [0, 0.1) is 52.9 Å². The maximum atomic E-state index is 15.1. The Bertz CT molecular complexity index is 1010. The Morgan fingerprint density at radius 2 is 1.55 bits per heavy atom. The summed E-state index contributed by atoms with van der Waals surface area (Å²) in [5, 5.41) is 0. The fourth-order valence-electron chi connectivity index (χ4n) is 5.73. The molecule has 1 fully saturated rings. The summed E-state index contributed by atoms with van der Waals surface area (Å²) >= 11 is 0. The summed E-state index contributed by atoms with van der Waals surface area (Å²) in [5.41, 5.74) is 1.99. The monoisotopic (exact) mass is 456 g/mol. The second kappa shape index (κ2) is 10.8. The molecule has 0 nitrogen and oxygen atoms in total. The minimum atomic E-state index is -1.53. The van der Waals surface area contributed by atoms with E-state index in [1.54, 1.807) is 6.07 Å². The molecule has 2 aliphatic carbocycles. The first-order valence-electron chi connectivity index (χ1n) is 12.4. The van der Waals surface area contributed by atoms with Crippen molar-refractivity contribution in [3.8, 4) is 11.8 Å². The van der Waals surface area contributed by atoms with Crippen LogP contribution in [-0.2, 0) is 12.8 Å². The number of rotatable bonds is 5. The first-order chi connectivity index (χ1) is 16.0. The molecule has 2 aromatic carbocycles. The van der Waals surface area contributed by atoms with Crippen LogP contribution < -0.4 is 0 Å². The first-order valence-corrected chi connectivity index (χ1v) is 12.4. The SMILES string of the molecule is CCCCCC1CCC(C2CCc3c(ccc(C#Cc4cc(F)c(F)c(F)c4)c3F)C2)CC1. The van der Waals surface area contributed by atoms with Gasteiger partial charge in [-0.25, -0.2) is 17.6 Å². The quantitative estimate of drug-likeness (QED) is 0.184. The zero-order valence-corrected chi connectivity index (χ0v) is 19.3. The van der Waals surface area contributed by atoms with Crippen molar-refractivity contribution in [1.82, 2.24) is 0 Å². The molecule has 176 valence electrons. The molecule has 1 unspecified atom stereocenters. The normalized spacial score (nSPS) is 22.4. The molecule has 1 saturated carbocycles. The largest absolute Gasteiger partial charge is 0.205 e. The highest BCUT2D eigenvalue weighted by Gasteiger charge is 2.31. The van der Waals surface area contributed by atoms with Gasteiger partial charge in [-0.3, -0.25) is 0 Å². The number of unbranched alkanes of at least 4 members (excludes halogenated alkanes) is 2. The molecule has 0 bridgehead atoms. The molecule has 0 amide bonds. The molecule has 0 radical (unpaired) electrons. The number of benzene rings is 2. The van der Waals surface area contributed by atoms with Crippen LogP contribution in [0.15, 0.2) is 24.3 Å². The van der Waals surface area contributed by atoms with Gasteiger partial charge in [0.1, 0.15) is 5.82 Å². The van der Waals surface area contributed by atoms with Gasteiger partial charge in [-0.2, -0.15) is 0 Å². The van der Waals surface area contributed by atoms with Gasteiger partial charge in [-0.05, 0) is 79.2 Å². The van der Waals surface area contributed by atoms with Crippen LogP contribution in [0.1, 0.15) is 87.0 Å². The molecule has 4 rings (SSSR count). The van der Waals surface area contributed by atoms with E-state index in [-0.39, 0.29) is 16.9 Å². The third-order valence-corrected chi connectivity index (χ3v) is 7.69. The van der Waals surface area contributed by atoms with Crippen LogP contribution in [0.5, 0.6) is 0 Å². The third kappa shape index (κ3) is 5.62. The van der Waals surface area contributed by atoms with Crippen LogP contribution in [0.4, 0.5) is 17.6 Å². The van der Waals surface area contributed by atoms with Gasteiger partial charge in [-0.15, -0.1) is 0 Å². The van der Waals surface area contributed by atoms with E-state index < -0.39 is 17.5 Å². The molecular weight excluding hydrogens is 424 g/mol. The van der Waals surface area contributed by atoms with Gasteiger partial charge in [0.25, 0.3) is 0 Å². The van der Waals surface area contributed by atoms with Crippen molar-refractivity contribution in [2.45, 2.75) is 77.6 Å². The van der Waals surface area contributed by atoms with Crippen LogP contribution >= 0.6 is 0 Å². The van der Waals surface area contributed by atoms with E-state index in [1.807, 2.05) is 6.07 Å². The lowest BCUT2D eigenvalue weighted by Gasteiger charge is -2.36. The molecule has 0 aliphatic heterocycles. The van der Waals surface area contributed by atoms with Crippen molar-refractivity contribution in [2.24, 2.45) is 17.8 Å². The van der Waals surface area contributed by atoms with E-state index in [2.05, 4.69) is 18.8 Å². The van der Waals surface area contributed by atoms with E-state index in [1.165, 1.54) is 51.4 Å². The highest BCUT2D eigenvalue weighted by Crippen LogP contribution is 2.41. The van der Waals surface area contributed by atoms with Crippen LogP contribution in [-0.4, -0.2) is 0 Å². The van der Waals surface area contributed by atoms with E-state index in [0.29, 0.717) is 12.3 Å². The van der Waals surface area contributed by atoms with Gasteiger partial charge in [0, 0.05) is 5.56 Å². The minimum absolute atomic E-state index is 0.0196. The molecule has 0 spiro atoms. The van der Waals surface area contributed by atoms with Crippen molar-refractivity contribution in [1.29, 1.82) is 0 Å². The Labute approximate surface area is 194 Å². The Morgan fingerprint density at radius 3 is 2.24 bits per heavy atom. The highest BCUT2D eigenvalue weighted by molar-refractivity contribution is 5.47. The van der Waals surface area contributed by atoms with Crippen molar-refractivity contribution in [2.75, 3.05) is 0 Å². The Morgan fingerprint density at radius 1 is 0.818 bits per heavy atom. The van der Waals surface area contributed by atoms with Gasteiger partial charge in [0.15, 0.2) is 17.5 Å². The molecule has 33 heavy (non-hydrogen) atoms. The van der Waals surface area contributed by atoms with Gasteiger partial charge >= 0.3 is 0 Å².